The van der Waals surface area contributed by atoms with E-state index < -0.39 is 0 Å². The SMILES string of the molecule is COc1ccc(Br)c(CC(=O)NC[C@@H]2CCC[C@@H]2O)c1. The van der Waals surface area contributed by atoms with Gasteiger partial charge in [-0.25, -0.2) is 0 Å². The van der Waals surface area contributed by atoms with Crippen molar-refractivity contribution in [2.24, 2.45) is 5.92 Å². The molecule has 0 saturated heterocycles. The Labute approximate surface area is 127 Å². The van der Waals surface area contributed by atoms with Gasteiger partial charge >= 0.3 is 0 Å². The maximum absolute atomic E-state index is 12.0. The topological polar surface area (TPSA) is 58.6 Å². The van der Waals surface area contributed by atoms with Crippen molar-refractivity contribution in [3.05, 3.63) is 28.2 Å². The van der Waals surface area contributed by atoms with Crippen LogP contribution < -0.4 is 10.1 Å². The van der Waals surface area contributed by atoms with Crippen LogP contribution in [0.2, 0.25) is 0 Å². The Bertz CT molecular complexity index is 478. The largest absolute Gasteiger partial charge is 0.497 e. The minimum atomic E-state index is -0.265. The van der Waals surface area contributed by atoms with Crippen molar-refractivity contribution < 1.29 is 14.6 Å². The highest BCUT2D eigenvalue weighted by Gasteiger charge is 2.25. The number of aliphatic hydroxyl groups excluding tert-OH is 1. The monoisotopic (exact) mass is 341 g/mol. The Morgan fingerprint density at radius 1 is 1.50 bits per heavy atom. The summed E-state index contributed by atoms with van der Waals surface area (Å²) in [4.78, 5) is 12.0. The summed E-state index contributed by atoms with van der Waals surface area (Å²) in [5.41, 5.74) is 0.897. The van der Waals surface area contributed by atoms with E-state index in [9.17, 15) is 9.90 Å². The molecule has 1 amide bonds. The molecule has 20 heavy (non-hydrogen) atoms. The van der Waals surface area contributed by atoms with Crippen LogP contribution in [0.15, 0.2) is 22.7 Å². The summed E-state index contributed by atoms with van der Waals surface area (Å²) in [6.07, 6.45) is 2.93. The van der Waals surface area contributed by atoms with Crippen LogP contribution in [0.1, 0.15) is 24.8 Å². The van der Waals surface area contributed by atoms with Crippen molar-refractivity contribution in [2.45, 2.75) is 31.8 Å². The van der Waals surface area contributed by atoms with Gasteiger partial charge in [-0.05, 0) is 36.6 Å². The summed E-state index contributed by atoms with van der Waals surface area (Å²) in [7, 11) is 1.61. The molecule has 0 aliphatic heterocycles. The lowest BCUT2D eigenvalue weighted by Gasteiger charge is -2.15. The summed E-state index contributed by atoms with van der Waals surface area (Å²) in [5.74, 6) is 0.910. The molecular weight excluding hydrogens is 322 g/mol. The fourth-order valence-electron chi connectivity index (χ4n) is 2.55. The van der Waals surface area contributed by atoms with Gasteiger partial charge in [0.15, 0.2) is 0 Å². The molecule has 1 aliphatic carbocycles. The Morgan fingerprint density at radius 2 is 2.30 bits per heavy atom. The average molecular weight is 342 g/mol. The third-order valence-electron chi connectivity index (χ3n) is 3.78. The van der Waals surface area contributed by atoms with Crippen LogP contribution in [0.25, 0.3) is 0 Å². The van der Waals surface area contributed by atoms with E-state index in [4.69, 9.17) is 4.74 Å². The van der Waals surface area contributed by atoms with Crippen molar-refractivity contribution in [2.75, 3.05) is 13.7 Å². The molecule has 5 heteroatoms. The molecule has 2 atom stereocenters. The molecule has 110 valence electrons. The van der Waals surface area contributed by atoms with E-state index in [0.717, 1.165) is 35.0 Å². The van der Waals surface area contributed by atoms with E-state index in [1.165, 1.54) is 0 Å². The minimum Gasteiger partial charge on any atom is -0.497 e. The molecule has 1 saturated carbocycles. The molecular formula is C15H20BrNO3. The molecule has 4 nitrogen and oxygen atoms in total. The number of carbonyl (C=O) groups excluding carboxylic acids is 1. The van der Waals surface area contributed by atoms with Gasteiger partial charge in [-0.2, -0.15) is 0 Å². The van der Waals surface area contributed by atoms with Crippen LogP contribution in [0, 0.1) is 5.92 Å². The van der Waals surface area contributed by atoms with Gasteiger partial charge in [0.05, 0.1) is 19.6 Å². The van der Waals surface area contributed by atoms with Gasteiger partial charge in [0.2, 0.25) is 5.91 Å². The number of nitrogens with one attached hydrogen (secondary N) is 1. The zero-order valence-electron chi connectivity index (χ0n) is 11.6. The molecule has 0 radical (unpaired) electrons. The molecule has 0 unspecified atom stereocenters. The second kappa shape index (κ2) is 7.09. The van der Waals surface area contributed by atoms with Gasteiger partial charge in [-0.3, -0.25) is 4.79 Å². The Balaban J connectivity index is 1.87. The van der Waals surface area contributed by atoms with Crippen LogP contribution in [0.4, 0.5) is 0 Å². The summed E-state index contributed by atoms with van der Waals surface area (Å²) >= 11 is 3.44. The third-order valence-corrected chi connectivity index (χ3v) is 4.56. The molecule has 2 N–H and O–H groups in total. The second-order valence-electron chi connectivity index (χ2n) is 5.20. The van der Waals surface area contributed by atoms with E-state index in [-0.39, 0.29) is 17.9 Å². The summed E-state index contributed by atoms with van der Waals surface area (Å²) in [6, 6.07) is 5.58. The van der Waals surface area contributed by atoms with Crippen molar-refractivity contribution in [3.8, 4) is 5.75 Å². The molecule has 1 aliphatic rings. The molecule has 0 spiro atoms. The number of aliphatic hydroxyl groups is 1. The number of ether oxygens (including phenoxy) is 1. The number of hydrogen-bond donors (Lipinski definition) is 2. The summed E-state index contributed by atoms with van der Waals surface area (Å²) in [5, 5.41) is 12.6. The molecule has 1 aromatic carbocycles. The number of rotatable bonds is 5. The fourth-order valence-corrected chi connectivity index (χ4v) is 2.94. The van der Waals surface area contributed by atoms with Crippen molar-refractivity contribution >= 4 is 21.8 Å². The van der Waals surface area contributed by atoms with Crippen LogP contribution in [-0.2, 0) is 11.2 Å². The molecule has 2 rings (SSSR count). The van der Waals surface area contributed by atoms with Gasteiger partial charge in [0.1, 0.15) is 5.75 Å². The molecule has 0 bridgehead atoms. The number of carbonyl (C=O) groups is 1. The second-order valence-corrected chi connectivity index (χ2v) is 6.05. The normalized spacial score (nSPS) is 21.8. The van der Waals surface area contributed by atoms with E-state index in [1.807, 2.05) is 18.2 Å². The molecule has 0 aromatic heterocycles. The van der Waals surface area contributed by atoms with Crippen LogP contribution in [0.3, 0.4) is 0 Å². The lowest BCUT2D eigenvalue weighted by atomic mass is 10.1. The first-order valence-corrected chi connectivity index (χ1v) is 7.66. The van der Waals surface area contributed by atoms with Crippen LogP contribution >= 0.6 is 15.9 Å². The molecule has 1 aromatic rings. The van der Waals surface area contributed by atoms with Gasteiger partial charge in [0.25, 0.3) is 0 Å². The van der Waals surface area contributed by atoms with Gasteiger partial charge in [-0.1, -0.05) is 22.4 Å². The molecule has 0 heterocycles. The van der Waals surface area contributed by atoms with E-state index in [1.54, 1.807) is 7.11 Å². The van der Waals surface area contributed by atoms with E-state index in [2.05, 4.69) is 21.2 Å². The highest BCUT2D eigenvalue weighted by molar-refractivity contribution is 9.10. The Morgan fingerprint density at radius 3 is 2.95 bits per heavy atom. The Hall–Kier alpha value is -1.07. The predicted molar refractivity (Wildman–Crippen MR) is 80.8 cm³/mol. The summed E-state index contributed by atoms with van der Waals surface area (Å²) < 4.78 is 6.06. The lowest BCUT2D eigenvalue weighted by Crippen LogP contribution is -2.33. The standard InChI is InChI=1S/C15H20BrNO3/c1-20-12-5-6-13(16)11(7-12)8-15(19)17-9-10-3-2-4-14(10)18/h5-7,10,14,18H,2-4,8-9H2,1H3,(H,17,19)/t10-,14-/m0/s1. The van der Waals surface area contributed by atoms with Crippen molar-refractivity contribution in [3.63, 3.8) is 0 Å². The number of hydrogen-bond acceptors (Lipinski definition) is 3. The van der Waals surface area contributed by atoms with Crippen LogP contribution in [0.5, 0.6) is 5.75 Å². The van der Waals surface area contributed by atoms with Crippen LogP contribution in [-0.4, -0.2) is 30.8 Å². The number of amides is 1. The van der Waals surface area contributed by atoms with Gasteiger partial charge < -0.3 is 15.2 Å². The highest BCUT2D eigenvalue weighted by Crippen LogP contribution is 2.25. The average Bonchev–Trinajstić information content (AvgIpc) is 2.84. The highest BCUT2D eigenvalue weighted by atomic mass is 79.9. The quantitative estimate of drug-likeness (QED) is 0.863. The maximum atomic E-state index is 12.0. The number of halogens is 1. The predicted octanol–water partition coefficient (Wildman–Crippen LogP) is 2.28. The van der Waals surface area contributed by atoms with Gasteiger partial charge in [-0.15, -0.1) is 0 Å². The first-order chi connectivity index (χ1) is 9.60. The number of methoxy groups -OCH3 is 1. The Kier molecular flexibility index (Phi) is 5.43. The minimum absolute atomic E-state index is 0.0296. The van der Waals surface area contributed by atoms with E-state index in [0.29, 0.717) is 13.0 Å². The third kappa shape index (κ3) is 3.96. The van der Waals surface area contributed by atoms with Gasteiger partial charge in [0, 0.05) is 16.9 Å². The molecule has 1 fully saturated rings. The smallest absolute Gasteiger partial charge is 0.224 e. The maximum Gasteiger partial charge on any atom is 0.224 e. The van der Waals surface area contributed by atoms with Crippen molar-refractivity contribution in [1.29, 1.82) is 0 Å². The zero-order chi connectivity index (χ0) is 14.5. The summed E-state index contributed by atoms with van der Waals surface area (Å²) in [6.45, 7) is 0.557. The van der Waals surface area contributed by atoms with E-state index >= 15 is 0 Å². The first kappa shape index (κ1) is 15.3. The zero-order valence-corrected chi connectivity index (χ0v) is 13.1. The lowest BCUT2D eigenvalue weighted by molar-refractivity contribution is -0.120. The number of benzene rings is 1. The first-order valence-electron chi connectivity index (χ1n) is 6.87. The fraction of sp³-hybridized carbons (Fsp3) is 0.533. The van der Waals surface area contributed by atoms with Crippen molar-refractivity contribution in [1.82, 2.24) is 5.32 Å².